The predicted molar refractivity (Wildman–Crippen MR) is 79.3 cm³/mol. The van der Waals surface area contributed by atoms with Gasteiger partial charge in [-0.05, 0) is 51.1 Å². The third-order valence-electron chi connectivity index (χ3n) is 2.63. The molecule has 0 radical (unpaired) electrons. The average molecular weight is 305 g/mol. The van der Waals surface area contributed by atoms with Crippen LogP contribution in [-0.4, -0.2) is 18.0 Å². The minimum absolute atomic E-state index is 0.141. The van der Waals surface area contributed by atoms with E-state index in [0.29, 0.717) is 17.6 Å². The lowest BCUT2D eigenvalue weighted by atomic mass is 10.1. The molecule has 0 aliphatic carbocycles. The number of furan rings is 1. The van der Waals surface area contributed by atoms with Gasteiger partial charge in [0.1, 0.15) is 17.2 Å². The SMILES string of the molecule is CC(C)(C)OC(=O)Nc1cc(F)ccc1-c1ccc(C=O)o1. The van der Waals surface area contributed by atoms with E-state index in [0.717, 1.165) is 6.07 Å². The third kappa shape index (κ3) is 3.94. The van der Waals surface area contributed by atoms with Crippen molar-refractivity contribution < 1.29 is 23.1 Å². The minimum Gasteiger partial charge on any atom is -0.453 e. The van der Waals surface area contributed by atoms with E-state index < -0.39 is 17.5 Å². The maximum Gasteiger partial charge on any atom is 0.412 e. The van der Waals surface area contributed by atoms with Gasteiger partial charge in [0.05, 0.1) is 5.69 Å². The molecule has 0 aliphatic rings. The molecule has 1 amide bonds. The molecule has 0 saturated carbocycles. The highest BCUT2D eigenvalue weighted by atomic mass is 19.1. The number of carbonyl (C=O) groups excluding carboxylic acids is 2. The van der Waals surface area contributed by atoms with Gasteiger partial charge in [0.2, 0.25) is 0 Å². The molecule has 2 rings (SSSR count). The number of nitrogens with one attached hydrogen (secondary N) is 1. The second kappa shape index (κ2) is 6.01. The predicted octanol–water partition coefficient (Wildman–Crippen LogP) is 4.25. The fraction of sp³-hybridized carbons (Fsp3) is 0.250. The Hall–Kier alpha value is -2.63. The van der Waals surface area contributed by atoms with Gasteiger partial charge >= 0.3 is 6.09 Å². The molecule has 0 fully saturated rings. The Morgan fingerprint density at radius 3 is 2.59 bits per heavy atom. The summed E-state index contributed by atoms with van der Waals surface area (Å²) in [5.41, 5.74) is -0.0335. The summed E-state index contributed by atoms with van der Waals surface area (Å²) in [6.07, 6.45) is -0.143. The van der Waals surface area contributed by atoms with Crippen molar-refractivity contribution in [2.45, 2.75) is 26.4 Å². The van der Waals surface area contributed by atoms with Gasteiger partial charge in [-0.25, -0.2) is 9.18 Å². The van der Waals surface area contributed by atoms with Gasteiger partial charge in [0, 0.05) is 5.56 Å². The standard InChI is InChI=1S/C16H16FNO4/c1-16(2,3)22-15(20)18-13-8-10(17)4-6-12(13)14-7-5-11(9-19)21-14/h4-9H,1-3H3,(H,18,20). The van der Waals surface area contributed by atoms with E-state index in [1.807, 2.05) is 0 Å². The third-order valence-corrected chi connectivity index (χ3v) is 2.63. The number of rotatable bonds is 3. The van der Waals surface area contributed by atoms with Crippen molar-refractivity contribution in [3.63, 3.8) is 0 Å². The van der Waals surface area contributed by atoms with Crippen molar-refractivity contribution >= 4 is 18.1 Å². The van der Waals surface area contributed by atoms with E-state index in [1.54, 1.807) is 26.8 Å². The largest absolute Gasteiger partial charge is 0.453 e. The number of amides is 1. The van der Waals surface area contributed by atoms with E-state index in [2.05, 4.69) is 5.32 Å². The van der Waals surface area contributed by atoms with Crippen LogP contribution in [0.1, 0.15) is 31.3 Å². The first kappa shape index (κ1) is 15.8. The Morgan fingerprint density at radius 2 is 2.00 bits per heavy atom. The second-order valence-electron chi connectivity index (χ2n) is 5.64. The fourth-order valence-corrected chi connectivity index (χ4v) is 1.81. The first-order valence-corrected chi connectivity index (χ1v) is 6.63. The zero-order chi connectivity index (χ0) is 16.3. The maximum atomic E-state index is 13.4. The summed E-state index contributed by atoms with van der Waals surface area (Å²) in [5, 5.41) is 2.48. The Bertz CT molecular complexity index is 700. The van der Waals surface area contributed by atoms with Crippen molar-refractivity contribution in [2.24, 2.45) is 0 Å². The summed E-state index contributed by atoms with van der Waals surface area (Å²) in [6, 6.07) is 6.90. The zero-order valence-electron chi connectivity index (χ0n) is 12.5. The molecule has 0 aliphatic heterocycles. The van der Waals surface area contributed by atoms with Gasteiger partial charge in [-0.15, -0.1) is 0 Å². The highest BCUT2D eigenvalue weighted by molar-refractivity contribution is 5.91. The molecule has 0 spiro atoms. The van der Waals surface area contributed by atoms with Crippen LogP contribution < -0.4 is 5.32 Å². The van der Waals surface area contributed by atoms with Crippen molar-refractivity contribution in [1.82, 2.24) is 0 Å². The Balaban J connectivity index is 2.32. The lowest BCUT2D eigenvalue weighted by molar-refractivity contribution is 0.0636. The molecule has 0 atom stereocenters. The highest BCUT2D eigenvalue weighted by Crippen LogP contribution is 2.30. The number of anilines is 1. The van der Waals surface area contributed by atoms with Crippen LogP contribution in [0.4, 0.5) is 14.9 Å². The topological polar surface area (TPSA) is 68.5 Å². The van der Waals surface area contributed by atoms with Crippen LogP contribution in [0.3, 0.4) is 0 Å². The molecule has 0 saturated heterocycles. The molecule has 6 heteroatoms. The zero-order valence-corrected chi connectivity index (χ0v) is 12.5. The van der Waals surface area contributed by atoms with Gasteiger partial charge in [0.25, 0.3) is 0 Å². The molecule has 1 aromatic carbocycles. The van der Waals surface area contributed by atoms with Crippen LogP contribution in [0, 0.1) is 5.82 Å². The molecule has 0 bridgehead atoms. The lowest BCUT2D eigenvalue weighted by Gasteiger charge is -2.20. The normalized spacial score (nSPS) is 11.1. The molecule has 0 unspecified atom stereocenters. The van der Waals surface area contributed by atoms with Gasteiger partial charge in [-0.3, -0.25) is 10.1 Å². The van der Waals surface area contributed by atoms with Crippen molar-refractivity contribution in [3.05, 3.63) is 41.9 Å². The monoisotopic (exact) mass is 305 g/mol. The lowest BCUT2D eigenvalue weighted by Crippen LogP contribution is -2.27. The second-order valence-corrected chi connectivity index (χ2v) is 5.64. The molecule has 2 aromatic rings. The molecule has 116 valence electrons. The number of halogens is 1. The molecular formula is C16H16FNO4. The van der Waals surface area contributed by atoms with Crippen molar-refractivity contribution in [2.75, 3.05) is 5.32 Å². The van der Waals surface area contributed by atoms with E-state index in [9.17, 15) is 14.0 Å². The van der Waals surface area contributed by atoms with E-state index >= 15 is 0 Å². The number of carbonyl (C=O) groups is 2. The first-order chi connectivity index (χ1) is 10.3. The van der Waals surface area contributed by atoms with Crippen molar-refractivity contribution in [3.8, 4) is 11.3 Å². The Labute approximate surface area is 127 Å². The molecule has 5 nitrogen and oxygen atoms in total. The van der Waals surface area contributed by atoms with Gasteiger partial charge < -0.3 is 9.15 Å². The van der Waals surface area contributed by atoms with Crippen LogP contribution >= 0.6 is 0 Å². The smallest absolute Gasteiger partial charge is 0.412 e. The van der Waals surface area contributed by atoms with Crippen LogP contribution in [0.15, 0.2) is 34.7 Å². The number of hydrogen-bond donors (Lipinski definition) is 1. The number of aldehydes is 1. The first-order valence-electron chi connectivity index (χ1n) is 6.63. The highest BCUT2D eigenvalue weighted by Gasteiger charge is 2.18. The molecule has 1 aromatic heterocycles. The van der Waals surface area contributed by atoms with Crippen LogP contribution in [0.2, 0.25) is 0 Å². The molecular weight excluding hydrogens is 289 g/mol. The Kier molecular flexibility index (Phi) is 4.30. The van der Waals surface area contributed by atoms with Gasteiger partial charge in [-0.2, -0.15) is 0 Å². The summed E-state index contributed by atoms with van der Waals surface area (Å²) < 4.78 is 23.9. The van der Waals surface area contributed by atoms with Crippen LogP contribution in [0.5, 0.6) is 0 Å². The fourth-order valence-electron chi connectivity index (χ4n) is 1.81. The number of hydrogen-bond acceptors (Lipinski definition) is 4. The molecule has 1 N–H and O–H groups in total. The Morgan fingerprint density at radius 1 is 1.27 bits per heavy atom. The molecule has 22 heavy (non-hydrogen) atoms. The summed E-state index contributed by atoms with van der Waals surface area (Å²) in [5.74, 6) is -0.0346. The van der Waals surface area contributed by atoms with E-state index in [1.165, 1.54) is 18.2 Å². The summed E-state index contributed by atoms with van der Waals surface area (Å²) in [7, 11) is 0. The summed E-state index contributed by atoms with van der Waals surface area (Å²) in [6.45, 7) is 5.17. The average Bonchev–Trinajstić information content (AvgIpc) is 2.85. The summed E-state index contributed by atoms with van der Waals surface area (Å²) >= 11 is 0. The van der Waals surface area contributed by atoms with Gasteiger partial charge in [-0.1, -0.05) is 0 Å². The van der Waals surface area contributed by atoms with Gasteiger partial charge in [0.15, 0.2) is 12.0 Å². The van der Waals surface area contributed by atoms with Crippen LogP contribution in [-0.2, 0) is 4.74 Å². The molecule has 1 heterocycles. The van der Waals surface area contributed by atoms with E-state index in [-0.39, 0.29) is 11.4 Å². The maximum absolute atomic E-state index is 13.4. The summed E-state index contributed by atoms with van der Waals surface area (Å²) in [4.78, 5) is 22.5. The minimum atomic E-state index is -0.707. The number of benzene rings is 1. The van der Waals surface area contributed by atoms with Crippen LogP contribution in [0.25, 0.3) is 11.3 Å². The quantitative estimate of drug-likeness (QED) is 0.861. The van der Waals surface area contributed by atoms with Crippen molar-refractivity contribution in [1.29, 1.82) is 0 Å². The number of ether oxygens (including phenoxy) is 1. The van der Waals surface area contributed by atoms with E-state index in [4.69, 9.17) is 9.15 Å².